The summed E-state index contributed by atoms with van der Waals surface area (Å²) < 4.78 is 11.9. The third-order valence-electron chi connectivity index (χ3n) is 2.85. The van der Waals surface area contributed by atoms with E-state index in [1.807, 2.05) is 30.3 Å². The highest BCUT2D eigenvalue weighted by molar-refractivity contribution is 9.10. The van der Waals surface area contributed by atoms with Gasteiger partial charge in [-0.3, -0.25) is 0 Å². The molecule has 1 heterocycles. The Morgan fingerprint density at radius 1 is 1.35 bits per heavy atom. The molecule has 5 heteroatoms. The van der Waals surface area contributed by atoms with Gasteiger partial charge in [0.2, 0.25) is 5.88 Å². The maximum atomic E-state index is 9.79. The van der Waals surface area contributed by atoms with Crippen LogP contribution in [-0.4, -0.2) is 17.2 Å². The molecule has 1 atom stereocenters. The van der Waals surface area contributed by atoms with E-state index in [2.05, 4.69) is 20.9 Å². The molecule has 4 nitrogen and oxygen atoms in total. The molecule has 2 aromatic rings. The first-order valence-corrected chi connectivity index (χ1v) is 6.99. The molecule has 0 spiro atoms. The highest BCUT2D eigenvalue weighted by Gasteiger charge is 2.11. The average Bonchev–Trinajstić information content (AvgIpc) is 2.46. The van der Waals surface area contributed by atoms with Crippen LogP contribution >= 0.6 is 15.9 Å². The summed E-state index contributed by atoms with van der Waals surface area (Å²) in [5.74, 6) is 1.19. The third-order valence-corrected chi connectivity index (χ3v) is 3.34. The lowest BCUT2D eigenvalue weighted by atomic mass is 10.1. The number of methoxy groups -OCH3 is 1. The monoisotopic (exact) mass is 337 g/mol. The Morgan fingerprint density at radius 2 is 2.15 bits per heavy atom. The molecule has 2 rings (SSSR count). The number of pyridine rings is 1. The number of nitrogens with zero attached hydrogens (tertiary/aromatic N) is 1. The summed E-state index contributed by atoms with van der Waals surface area (Å²) in [5, 5.41) is 9.79. The molecule has 0 radical (unpaired) electrons. The van der Waals surface area contributed by atoms with Crippen molar-refractivity contribution in [3.63, 3.8) is 0 Å². The number of hydrogen-bond donors (Lipinski definition) is 1. The SMILES string of the molecule is COc1ncccc1COc1ccc(Br)cc1C(C)O. The molecular weight excluding hydrogens is 322 g/mol. The van der Waals surface area contributed by atoms with E-state index in [-0.39, 0.29) is 0 Å². The Bertz CT molecular complexity index is 587. The Hall–Kier alpha value is -1.59. The minimum absolute atomic E-state index is 0.332. The molecule has 0 aliphatic rings. The normalized spacial score (nSPS) is 12.0. The second kappa shape index (κ2) is 6.72. The van der Waals surface area contributed by atoms with Crippen molar-refractivity contribution in [2.24, 2.45) is 0 Å². The zero-order chi connectivity index (χ0) is 14.5. The second-order valence-electron chi connectivity index (χ2n) is 4.32. The summed E-state index contributed by atoms with van der Waals surface area (Å²) in [6, 6.07) is 9.28. The molecule has 0 amide bonds. The minimum atomic E-state index is -0.599. The van der Waals surface area contributed by atoms with Gasteiger partial charge < -0.3 is 14.6 Å². The number of ether oxygens (including phenoxy) is 2. The molecule has 1 N–H and O–H groups in total. The highest BCUT2D eigenvalue weighted by Crippen LogP contribution is 2.29. The number of hydrogen-bond acceptors (Lipinski definition) is 4. The van der Waals surface area contributed by atoms with Gasteiger partial charge in [0.1, 0.15) is 12.4 Å². The maximum Gasteiger partial charge on any atom is 0.219 e. The van der Waals surface area contributed by atoms with Gasteiger partial charge in [-0.2, -0.15) is 0 Å². The summed E-state index contributed by atoms with van der Waals surface area (Å²) in [6.45, 7) is 2.04. The van der Waals surface area contributed by atoms with Gasteiger partial charge in [-0.25, -0.2) is 4.98 Å². The molecule has 0 fully saturated rings. The molecule has 0 saturated heterocycles. The smallest absolute Gasteiger partial charge is 0.219 e. The predicted octanol–water partition coefficient (Wildman–Crippen LogP) is 3.49. The molecule has 0 aliphatic heterocycles. The van der Waals surface area contributed by atoms with Crippen molar-refractivity contribution in [1.29, 1.82) is 0 Å². The fourth-order valence-electron chi connectivity index (χ4n) is 1.85. The standard InChI is InChI=1S/C15H16BrNO3/c1-10(18)13-8-12(16)5-6-14(13)20-9-11-4-3-7-17-15(11)19-2/h3-8,10,18H,9H2,1-2H3. The van der Waals surface area contributed by atoms with Crippen LogP contribution in [0.4, 0.5) is 0 Å². The zero-order valence-electron chi connectivity index (χ0n) is 11.3. The van der Waals surface area contributed by atoms with Gasteiger partial charge in [0.15, 0.2) is 0 Å². The van der Waals surface area contributed by atoms with Gasteiger partial charge in [0, 0.05) is 16.2 Å². The van der Waals surface area contributed by atoms with E-state index in [4.69, 9.17) is 9.47 Å². The van der Waals surface area contributed by atoms with Crippen LogP contribution in [0.3, 0.4) is 0 Å². The molecule has 1 unspecified atom stereocenters. The Labute approximate surface area is 126 Å². The van der Waals surface area contributed by atoms with Crippen molar-refractivity contribution < 1.29 is 14.6 Å². The van der Waals surface area contributed by atoms with Crippen LogP contribution in [0.25, 0.3) is 0 Å². The van der Waals surface area contributed by atoms with Gasteiger partial charge >= 0.3 is 0 Å². The number of aliphatic hydroxyl groups is 1. The van der Waals surface area contributed by atoms with E-state index in [0.717, 1.165) is 15.6 Å². The van der Waals surface area contributed by atoms with Crippen LogP contribution in [0.5, 0.6) is 11.6 Å². The van der Waals surface area contributed by atoms with Crippen LogP contribution in [0.1, 0.15) is 24.2 Å². The van der Waals surface area contributed by atoms with E-state index < -0.39 is 6.10 Å². The second-order valence-corrected chi connectivity index (χ2v) is 5.23. The topological polar surface area (TPSA) is 51.6 Å². The van der Waals surface area contributed by atoms with Gasteiger partial charge in [-0.05, 0) is 37.3 Å². The molecule has 0 aliphatic carbocycles. The first-order valence-electron chi connectivity index (χ1n) is 6.20. The molecule has 0 bridgehead atoms. The Morgan fingerprint density at radius 3 is 2.85 bits per heavy atom. The van der Waals surface area contributed by atoms with Gasteiger partial charge in [-0.1, -0.05) is 15.9 Å². The summed E-state index contributed by atoms with van der Waals surface area (Å²) in [7, 11) is 1.58. The summed E-state index contributed by atoms with van der Waals surface area (Å²) in [5.41, 5.74) is 1.59. The van der Waals surface area contributed by atoms with Gasteiger partial charge in [0.25, 0.3) is 0 Å². The fourth-order valence-corrected chi connectivity index (χ4v) is 2.23. The van der Waals surface area contributed by atoms with Crippen molar-refractivity contribution >= 4 is 15.9 Å². The zero-order valence-corrected chi connectivity index (χ0v) is 12.9. The van der Waals surface area contributed by atoms with Crippen LogP contribution in [0.2, 0.25) is 0 Å². The first kappa shape index (κ1) is 14.8. The van der Waals surface area contributed by atoms with E-state index >= 15 is 0 Å². The number of halogens is 1. The maximum absolute atomic E-state index is 9.79. The lowest BCUT2D eigenvalue weighted by Gasteiger charge is -2.14. The van der Waals surface area contributed by atoms with Crippen molar-refractivity contribution in [2.75, 3.05) is 7.11 Å². The largest absolute Gasteiger partial charge is 0.488 e. The average molecular weight is 338 g/mol. The predicted molar refractivity (Wildman–Crippen MR) is 79.9 cm³/mol. The first-order chi connectivity index (χ1) is 9.61. The molecule has 0 saturated carbocycles. The van der Waals surface area contributed by atoms with Crippen LogP contribution < -0.4 is 9.47 Å². The van der Waals surface area contributed by atoms with Gasteiger partial charge in [0.05, 0.1) is 18.8 Å². The Kier molecular flexibility index (Phi) is 4.98. The molecular formula is C15H16BrNO3. The van der Waals surface area contributed by atoms with E-state index in [1.165, 1.54) is 0 Å². The number of aromatic nitrogens is 1. The van der Waals surface area contributed by atoms with Crippen LogP contribution in [0.15, 0.2) is 41.0 Å². The quantitative estimate of drug-likeness (QED) is 0.907. The summed E-state index contributed by atoms with van der Waals surface area (Å²) >= 11 is 3.39. The van der Waals surface area contributed by atoms with Crippen LogP contribution in [-0.2, 0) is 6.61 Å². The van der Waals surface area contributed by atoms with Crippen molar-refractivity contribution in [3.8, 4) is 11.6 Å². The van der Waals surface area contributed by atoms with E-state index in [1.54, 1.807) is 20.2 Å². The lowest BCUT2D eigenvalue weighted by molar-refractivity contribution is 0.189. The number of benzene rings is 1. The summed E-state index contributed by atoms with van der Waals surface area (Å²) in [6.07, 6.45) is 1.07. The van der Waals surface area contributed by atoms with E-state index in [9.17, 15) is 5.11 Å². The molecule has 1 aromatic heterocycles. The van der Waals surface area contributed by atoms with Crippen molar-refractivity contribution in [3.05, 3.63) is 52.1 Å². The fraction of sp³-hybridized carbons (Fsp3) is 0.267. The molecule has 20 heavy (non-hydrogen) atoms. The highest BCUT2D eigenvalue weighted by atomic mass is 79.9. The number of rotatable bonds is 5. The summed E-state index contributed by atoms with van der Waals surface area (Å²) in [4.78, 5) is 4.12. The van der Waals surface area contributed by atoms with Crippen molar-refractivity contribution in [1.82, 2.24) is 4.98 Å². The third kappa shape index (κ3) is 3.49. The lowest BCUT2D eigenvalue weighted by Crippen LogP contribution is -2.03. The Balaban J connectivity index is 2.19. The van der Waals surface area contributed by atoms with E-state index in [0.29, 0.717) is 18.2 Å². The molecule has 106 valence electrons. The van der Waals surface area contributed by atoms with Crippen LogP contribution in [0, 0.1) is 0 Å². The van der Waals surface area contributed by atoms with Crippen molar-refractivity contribution in [2.45, 2.75) is 19.6 Å². The number of aliphatic hydroxyl groups excluding tert-OH is 1. The molecule has 1 aromatic carbocycles. The minimum Gasteiger partial charge on any atom is -0.488 e. The van der Waals surface area contributed by atoms with Gasteiger partial charge in [-0.15, -0.1) is 0 Å².